The van der Waals surface area contributed by atoms with Gasteiger partial charge in [0.05, 0.1) is 34.3 Å². The van der Waals surface area contributed by atoms with Crippen molar-refractivity contribution in [2.75, 3.05) is 19.1 Å². The minimum Gasteiger partial charge on any atom is -0.494 e. The smallest absolute Gasteiger partial charge is 0.345 e. The van der Waals surface area contributed by atoms with Gasteiger partial charge < -0.3 is 23.8 Å². The predicted octanol–water partition coefficient (Wildman–Crippen LogP) is 8.31. The van der Waals surface area contributed by atoms with Crippen molar-refractivity contribution in [3.05, 3.63) is 85.8 Å². The average molecular weight is 615 g/mol. The zero-order valence-corrected chi connectivity index (χ0v) is 24.7. The highest BCUT2D eigenvalue weighted by Crippen LogP contribution is 2.37. The van der Waals surface area contributed by atoms with Gasteiger partial charge in [0.25, 0.3) is 0 Å². The SMILES string of the molecule is CCC(OC(=O)c1c(Cl)ccc(Cl)c1OC)N(c1ccccc1)C(CC)OC(=O)c1c(Cl)ccc(Cl)c1OC. The molecule has 0 saturated carbocycles. The van der Waals surface area contributed by atoms with Gasteiger partial charge in [-0.2, -0.15) is 0 Å². The van der Waals surface area contributed by atoms with Crippen molar-refractivity contribution in [2.45, 2.75) is 39.1 Å². The molecule has 0 saturated heterocycles. The van der Waals surface area contributed by atoms with Gasteiger partial charge in [-0.1, -0.05) is 78.5 Å². The van der Waals surface area contributed by atoms with Crippen LogP contribution in [0.5, 0.6) is 11.5 Å². The largest absolute Gasteiger partial charge is 0.494 e. The fourth-order valence-corrected chi connectivity index (χ4v) is 4.92. The summed E-state index contributed by atoms with van der Waals surface area (Å²) in [5.41, 5.74) is 0.613. The predicted molar refractivity (Wildman–Crippen MR) is 154 cm³/mol. The summed E-state index contributed by atoms with van der Waals surface area (Å²) in [6.45, 7) is 3.66. The van der Waals surface area contributed by atoms with Crippen LogP contribution in [0.3, 0.4) is 0 Å². The van der Waals surface area contributed by atoms with Crippen LogP contribution in [-0.2, 0) is 9.47 Å². The molecule has 0 aliphatic rings. The van der Waals surface area contributed by atoms with Crippen LogP contribution in [0, 0.1) is 0 Å². The van der Waals surface area contributed by atoms with E-state index in [1.807, 2.05) is 44.2 Å². The van der Waals surface area contributed by atoms with Gasteiger partial charge in [-0.3, -0.25) is 0 Å². The van der Waals surface area contributed by atoms with Gasteiger partial charge in [-0.15, -0.1) is 0 Å². The quantitative estimate of drug-likeness (QED) is 0.159. The second kappa shape index (κ2) is 14.0. The van der Waals surface area contributed by atoms with Gasteiger partial charge in [-0.05, 0) is 36.4 Å². The minimum atomic E-state index is -0.880. The molecule has 11 heteroatoms. The van der Waals surface area contributed by atoms with E-state index in [-0.39, 0.29) is 42.7 Å². The van der Waals surface area contributed by atoms with E-state index in [0.29, 0.717) is 18.5 Å². The number of halogens is 4. The summed E-state index contributed by atoms with van der Waals surface area (Å²) in [4.78, 5) is 28.5. The highest BCUT2D eigenvalue weighted by atomic mass is 35.5. The Labute approximate surface area is 247 Å². The van der Waals surface area contributed by atoms with Gasteiger partial charge in [0, 0.05) is 18.5 Å². The molecule has 0 aliphatic carbocycles. The van der Waals surface area contributed by atoms with Crippen LogP contribution in [0.4, 0.5) is 5.69 Å². The van der Waals surface area contributed by atoms with Gasteiger partial charge in [0.1, 0.15) is 11.1 Å². The van der Waals surface area contributed by atoms with E-state index in [9.17, 15) is 9.59 Å². The van der Waals surface area contributed by atoms with Crippen molar-refractivity contribution < 1.29 is 28.5 Å². The lowest BCUT2D eigenvalue weighted by Gasteiger charge is -2.38. The highest BCUT2D eigenvalue weighted by Gasteiger charge is 2.33. The summed E-state index contributed by atoms with van der Waals surface area (Å²) in [7, 11) is 2.76. The van der Waals surface area contributed by atoms with Crippen molar-refractivity contribution in [2.24, 2.45) is 0 Å². The number of esters is 2. The summed E-state index contributed by atoms with van der Waals surface area (Å²) >= 11 is 25.1. The van der Waals surface area contributed by atoms with E-state index >= 15 is 0 Å². The maximum Gasteiger partial charge on any atom is 0.345 e. The van der Waals surface area contributed by atoms with Crippen LogP contribution in [0.25, 0.3) is 0 Å². The number of carbonyl (C=O) groups is 2. The first-order valence-corrected chi connectivity index (χ1v) is 13.5. The first-order chi connectivity index (χ1) is 18.7. The summed E-state index contributed by atoms with van der Waals surface area (Å²) in [5, 5.41) is 0.635. The fourth-order valence-electron chi connectivity index (χ4n) is 4.00. The van der Waals surface area contributed by atoms with Crippen LogP contribution in [0.15, 0.2) is 54.6 Å². The van der Waals surface area contributed by atoms with Gasteiger partial charge in [-0.25, -0.2) is 9.59 Å². The van der Waals surface area contributed by atoms with Gasteiger partial charge >= 0.3 is 11.9 Å². The van der Waals surface area contributed by atoms with Crippen LogP contribution >= 0.6 is 46.4 Å². The third kappa shape index (κ3) is 6.84. The molecule has 3 aromatic carbocycles. The number of para-hydroxylation sites is 1. The Hall–Kier alpha value is -2.84. The summed E-state index contributed by atoms with van der Waals surface area (Å²) in [5.74, 6) is -1.33. The van der Waals surface area contributed by atoms with Crippen LogP contribution < -0.4 is 14.4 Å². The Balaban J connectivity index is 2.02. The molecular formula is C28H27Cl4NO6. The summed E-state index contributed by atoms with van der Waals surface area (Å²) in [6, 6.07) is 15.1. The molecular weight excluding hydrogens is 588 g/mol. The minimum absolute atomic E-state index is 0.0152. The number of benzene rings is 3. The van der Waals surface area contributed by atoms with E-state index in [2.05, 4.69) is 0 Å². The zero-order chi connectivity index (χ0) is 28.7. The van der Waals surface area contributed by atoms with Crippen molar-refractivity contribution in [1.29, 1.82) is 0 Å². The Morgan fingerprint density at radius 1 is 0.667 bits per heavy atom. The van der Waals surface area contributed by atoms with Crippen LogP contribution in [-0.4, -0.2) is 38.6 Å². The molecule has 2 atom stereocenters. The monoisotopic (exact) mass is 613 g/mol. The van der Waals surface area contributed by atoms with Crippen molar-refractivity contribution >= 4 is 64.0 Å². The standard InChI is InChI=1S/C28H27Cl4NO6/c1-5-21(38-27(34)23-17(29)12-14-19(31)25(23)36-3)33(16-10-8-7-9-11-16)22(6-2)39-28(35)24-18(30)13-15-20(32)26(24)37-4/h7-15,21-22H,5-6H2,1-4H3. The summed E-state index contributed by atoms with van der Waals surface area (Å²) in [6.07, 6.45) is -1.10. The number of ether oxygens (including phenoxy) is 4. The number of nitrogens with zero attached hydrogens (tertiary/aromatic N) is 1. The Morgan fingerprint density at radius 3 is 1.41 bits per heavy atom. The fraction of sp³-hybridized carbons (Fsp3) is 0.286. The molecule has 0 aromatic heterocycles. The van der Waals surface area contributed by atoms with Gasteiger partial charge in [0.2, 0.25) is 0 Å². The second-order valence-electron chi connectivity index (χ2n) is 8.15. The molecule has 0 spiro atoms. The molecule has 0 N–H and O–H groups in total. The third-order valence-electron chi connectivity index (χ3n) is 5.79. The van der Waals surface area contributed by atoms with Crippen molar-refractivity contribution in [3.8, 4) is 11.5 Å². The first kappa shape index (κ1) is 30.7. The van der Waals surface area contributed by atoms with Crippen LogP contribution in [0.2, 0.25) is 20.1 Å². The number of hydrogen-bond donors (Lipinski definition) is 0. The van der Waals surface area contributed by atoms with Crippen molar-refractivity contribution in [3.63, 3.8) is 0 Å². The Morgan fingerprint density at radius 2 is 1.05 bits per heavy atom. The van der Waals surface area contributed by atoms with Gasteiger partial charge in [0.15, 0.2) is 24.0 Å². The molecule has 0 amide bonds. The topological polar surface area (TPSA) is 74.3 Å². The number of anilines is 1. The van der Waals surface area contributed by atoms with E-state index in [0.717, 1.165) is 0 Å². The lowest BCUT2D eigenvalue weighted by Crippen LogP contribution is -2.47. The first-order valence-electron chi connectivity index (χ1n) is 12.0. The maximum absolute atomic E-state index is 13.4. The highest BCUT2D eigenvalue weighted by molar-refractivity contribution is 6.37. The van der Waals surface area contributed by atoms with E-state index < -0.39 is 24.4 Å². The molecule has 7 nitrogen and oxygen atoms in total. The molecule has 2 unspecified atom stereocenters. The Bertz CT molecular complexity index is 1240. The number of hydrogen-bond acceptors (Lipinski definition) is 7. The molecule has 3 rings (SSSR count). The van der Waals surface area contributed by atoms with Crippen molar-refractivity contribution in [1.82, 2.24) is 0 Å². The molecule has 0 aliphatic heterocycles. The lowest BCUT2D eigenvalue weighted by atomic mass is 10.2. The van der Waals surface area contributed by atoms with E-state index in [4.69, 9.17) is 65.4 Å². The Kier molecular flexibility index (Phi) is 11.0. The molecule has 0 radical (unpaired) electrons. The second-order valence-corrected chi connectivity index (χ2v) is 9.78. The molecule has 0 fully saturated rings. The number of carbonyl (C=O) groups excluding carboxylic acids is 2. The normalized spacial score (nSPS) is 12.3. The van der Waals surface area contributed by atoms with E-state index in [1.165, 1.54) is 38.5 Å². The van der Waals surface area contributed by atoms with Crippen LogP contribution in [0.1, 0.15) is 47.4 Å². The molecule has 208 valence electrons. The summed E-state index contributed by atoms with van der Waals surface area (Å²) < 4.78 is 22.5. The maximum atomic E-state index is 13.4. The molecule has 0 heterocycles. The average Bonchev–Trinajstić information content (AvgIpc) is 2.94. The molecule has 0 bridgehead atoms. The molecule has 3 aromatic rings. The third-order valence-corrected chi connectivity index (χ3v) is 7.02. The zero-order valence-electron chi connectivity index (χ0n) is 21.7. The lowest BCUT2D eigenvalue weighted by molar-refractivity contribution is -0.000491. The number of rotatable bonds is 11. The number of methoxy groups -OCH3 is 2. The van der Waals surface area contributed by atoms with E-state index in [1.54, 1.807) is 4.90 Å². The molecule has 39 heavy (non-hydrogen) atoms.